The number of hydrogen-bond donors (Lipinski definition) is 3. The highest BCUT2D eigenvalue weighted by molar-refractivity contribution is 5.75. The Balaban J connectivity index is 0. The number of unbranched alkanes of at least 4 members (excludes halogenated alkanes) is 10. The Kier molecular flexibility index (Phi) is 23.0. The van der Waals surface area contributed by atoms with Gasteiger partial charge >= 0.3 is 5.97 Å². The number of carbonyl (C=O) groups is 3. The summed E-state index contributed by atoms with van der Waals surface area (Å²) in [6.07, 6.45) is 15.7. The quantitative estimate of drug-likeness (QED) is 0.318. The predicted molar refractivity (Wildman–Crippen MR) is 110 cm³/mol. The van der Waals surface area contributed by atoms with Crippen LogP contribution in [-0.4, -0.2) is 29.4 Å². The molecule has 160 valence electrons. The molecule has 0 rings (SSSR count). The topological polar surface area (TPSA) is 109 Å². The van der Waals surface area contributed by atoms with Crippen molar-refractivity contribution < 1.29 is 19.5 Å². The first-order valence-electron chi connectivity index (χ1n) is 10.7. The SMILES string of the molecule is CCC(=O)O.CCCNC(=O)CCCCCCCCCCCCCC(N)=O. The van der Waals surface area contributed by atoms with Crippen LogP contribution in [0.3, 0.4) is 0 Å². The van der Waals surface area contributed by atoms with Gasteiger partial charge < -0.3 is 16.2 Å². The second-order valence-corrected chi connectivity index (χ2v) is 6.95. The van der Waals surface area contributed by atoms with Crippen molar-refractivity contribution in [3.63, 3.8) is 0 Å². The molecule has 4 N–H and O–H groups in total. The highest BCUT2D eigenvalue weighted by Gasteiger charge is 1.99. The van der Waals surface area contributed by atoms with Crippen LogP contribution in [0.5, 0.6) is 0 Å². The predicted octanol–water partition coefficient (Wildman–Crippen LogP) is 4.55. The summed E-state index contributed by atoms with van der Waals surface area (Å²) in [5, 5.41) is 10.6. The third-order valence-electron chi connectivity index (χ3n) is 4.20. The van der Waals surface area contributed by atoms with Crippen molar-refractivity contribution in [1.29, 1.82) is 0 Å². The standard InChI is InChI=1S/C18H36N2O2.C3H6O2/c1-2-16-20-18(22)15-13-11-9-7-5-3-4-6-8-10-12-14-17(19)21;1-2-3(4)5/h2-16H2,1H3,(H2,19,21)(H,20,22);2H2,1H3,(H,4,5). The summed E-state index contributed by atoms with van der Waals surface area (Å²) in [5.41, 5.74) is 5.10. The van der Waals surface area contributed by atoms with E-state index in [2.05, 4.69) is 12.2 Å². The van der Waals surface area contributed by atoms with E-state index in [1.54, 1.807) is 6.92 Å². The van der Waals surface area contributed by atoms with Crippen LogP contribution in [0.25, 0.3) is 0 Å². The Morgan fingerprint density at radius 1 is 0.741 bits per heavy atom. The van der Waals surface area contributed by atoms with Crippen molar-refractivity contribution in [1.82, 2.24) is 5.32 Å². The number of rotatable bonds is 17. The summed E-state index contributed by atoms with van der Waals surface area (Å²) >= 11 is 0. The average Bonchev–Trinajstić information content (AvgIpc) is 2.63. The van der Waals surface area contributed by atoms with E-state index in [9.17, 15) is 14.4 Å². The molecule has 0 aromatic rings. The monoisotopic (exact) mass is 386 g/mol. The van der Waals surface area contributed by atoms with Crippen LogP contribution in [0.2, 0.25) is 0 Å². The van der Waals surface area contributed by atoms with Crippen LogP contribution in [-0.2, 0) is 14.4 Å². The fourth-order valence-electron chi connectivity index (χ4n) is 2.53. The van der Waals surface area contributed by atoms with Gasteiger partial charge in [0.2, 0.25) is 11.8 Å². The summed E-state index contributed by atoms with van der Waals surface area (Å²) in [6.45, 7) is 4.48. The lowest BCUT2D eigenvalue weighted by molar-refractivity contribution is -0.136. The van der Waals surface area contributed by atoms with E-state index in [1.807, 2.05) is 0 Å². The Bertz CT molecular complexity index is 373. The van der Waals surface area contributed by atoms with Gasteiger partial charge in [0.25, 0.3) is 0 Å². The van der Waals surface area contributed by atoms with Gasteiger partial charge in [0.05, 0.1) is 0 Å². The third kappa shape index (κ3) is 29.4. The van der Waals surface area contributed by atoms with E-state index in [0.717, 1.165) is 32.2 Å². The fourth-order valence-corrected chi connectivity index (χ4v) is 2.53. The number of carbonyl (C=O) groups excluding carboxylic acids is 2. The lowest BCUT2D eigenvalue weighted by Gasteiger charge is -2.04. The van der Waals surface area contributed by atoms with Crippen molar-refractivity contribution in [3.05, 3.63) is 0 Å². The van der Waals surface area contributed by atoms with Crippen LogP contribution >= 0.6 is 0 Å². The number of nitrogens with one attached hydrogen (secondary N) is 1. The maximum atomic E-state index is 11.4. The minimum absolute atomic E-state index is 0.178. The summed E-state index contributed by atoms with van der Waals surface area (Å²) in [5.74, 6) is -0.717. The highest BCUT2D eigenvalue weighted by atomic mass is 16.4. The molecule has 0 saturated carbocycles. The molecular formula is C21H42N2O4. The molecule has 0 fully saturated rings. The van der Waals surface area contributed by atoms with E-state index < -0.39 is 5.97 Å². The molecule has 0 saturated heterocycles. The second kappa shape index (κ2) is 22.5. The van der Waals surface area contributed by atoms with Crippen LogP contribution in [0, 0.1) is 0 Å². The molecular weight excluding hydrogens is 344 g/mol. The van der Waals surface area contributed by atoms with Crippen LogP contribution in [0.1, 0.15) is 110 Å². The zero-order chi connectivity index (χ0) is 20.8. The molecule has 0 aliphatic carbocycles. The third-order valence-corrected chi connectivity index (χ3v) is 4.20. The molecule has 0 aliphatic heterocycles. The van der Waals surface area contributed by atoms with E-state index in [4.69, 9.17) is 10.8 Å². The molecule has 0 unspecified atom stereocenters. The molecule has 0 aliphatic rings. The van der Waals surface area contributed by atoms with Gasteiger partial charge in [-0.05, 0) is 19.3 Å². The number of primary amides is 1. The minimum atomic E-state index is -0.745. The van der Waals surface area contributed by atoms with E-state index in [-0.39, 0.29) is 18.2 Å². The molecule has 0 spiro atoms. The van der Waals surface area contributed by atoms with E-state index in [1.165, 1.54) is 51.4 Å². The Hall–Kier alpha value is -1.59. The summed E-state index contributed by atoms with van der Waals surface area (Å²) in [7, 11) is 0. The van der Waals surface area contributed by atoms with E-state index in [0.29, 0.717) is 12.8 Å². The number of amides is 2. The number of carboxylic acid groups (broad SMARTS) is 1. The van der Waals surface area contributed by atoms with Crippen LogP contribution < -0.4 is 11.1 Å². The molecule has 6 nitrogen and oxygen atoms in total. The largest absolute Gasteiger partial charge is 0.481 e. The summed E-state index contributed by atoms with van der Waals surface area (Å²) in [6, 6.07) is 0. The van der Waals surface area contributed by atoms with Crippen molar-refractivity contribution >= 4 is 17.8 Å². The summed E-state index contributed by atoms with van der Waals surface area (Å²) < 4.78 is 0. The zero-order valence-corrected chi connectivity index (χ0v) is 17.6. The van der Waals surface area contributed by atoms with E-state index >= 15 is 0 Å². The Morgan fingerprint density at radius 3 is 1.44 bits per heavy atom. The molecule has 0 atom stereocenters. The Labute approximate surface area is 165 Å². The Morgan fingerprint density at radius 2 is 1.11 bits per heavy atom. The lowest BCUT2D eigenvalue weighted by atomic mass is 10.0. The second-order valence-electron chi connectivity index (χ2n) is 6.95. The van der Waals surface area contributed by atoms with Gasteiger partial charge in [0, 0.05) is 25.8 Å². The summed E-state index contributed by atoms with van der Waals surface area (Å²) in [4.78, 5) is 31.3. The van der Waals surface area contributed by atoms with Gasteiger partial charge in [-0.15, -0.1) is 0 Å². The molecule has 0 heterocycles. The number of carboxylic acids is 1. The number of aliphatic carboxylic acids is 1. The van der Waals surface area contributed by atoms with Crippen LogP contribution in [0.15, 0.2) is 0 Å². The first-order valence-corrected chi connectivity index (χ1v) is 10.7. The molecule has 2 amide bonds. The molecule has 0 aromatic heterocycles. The van der Waals surface area contributed by atoms with Crippen molar-refractivity contribution in [2.75, 3.05) is 6.54 Å². The van der Waals surface area contributed by atoms with Gasteiger partial charge in [-0.2, -0.15) is 0 Å². The average molecular weight is 387 g/mol. The fraction of sp³-hybridized carbons (Fsp3) is 0.857. The molecule has 0 radical (unpaired) electrons. The van der Waals surface area contributed by atoms with Gasteiger partial charge in [0.15, 0.2) is 0 Å². The van der Waals surface area contributed by atoms with Crippen molar-refractivity contribution in [3.8, 4) is 0 Å². The number of nitrogens with two attached hydrogens (primary N) is 1. The minimum Gasteiger partial charge on any atom is -0.481 e. The molecule has 0 bridgehead atoms. The van der Waals surface area contributed by atoms with Crippen molar-refractivity contribution in [2.45, 2.75) is 110 Å². The first-order chi connectivity index (χ1) is 12.9. The normalized spacial score (nSPS) is 10.0. The van der Waals surface area contributed by atoms with Gasteiger partial charge in [-0.25, -0.2) is 0 Å². The first kappa shape index (κ1) is 27.6. The number of hydrogen-bond acceptors (Lipinski definition) is 3. The maximum absolute atomic E-state index is 11.4. The lowest BCUT2D eigenvalue weighted by Crippen LogP contribution is -2.23. The van der Waals surface area contributed by atoms with Gasteiger partial charge in [-0.1, -0.05) is 71.6 Å². The molecule has 6 heteroatoms. The smallest absolute Gasteiger partial charge is 0.303 e. The van der Waals surface area contributed by atoms with Gasteiger partial charge in [0.1, 0.15) is 0 Å². The van der Waals surface area contributed by atoms with Crippen molar-refractivity contribution in [2.24, 2.45) is 5.73 Å². The van der Waals surface area contributed by atoms with Crippen LogP contribution in [0.4, 0.5) is 0 Å². The highest BCUT2D eigenvalue weighted by Crippen LogP contribution is 2.12. The zero-order valence-electron chi connectivity index (χ0n) is 17.6. The molecule has 27 heavy (non-hydrogen) atoms. The van der Waals surface area contributed by atoms with Gasteiger partial charge in [-0.3, -0.25) is 14.4 Å². The molecule has 0 aromatic carbocycles. The maximum Gasteiger partial charge on any atom is 0.303 e.